The van der Waals surface area contributed by atoms with E-state index >= 15 is 0 Å². The molecule has 0 unspecified atom stereocenters. The van der Waals surface area contributed by atoms with Gasteiger partial charge in [-0.25, -0.2) is 4.68 Å². The average Bonchev–Trinajstić information content (AvgIpc) is 3.43. The van der Waals surface area contributed by atoms with Crippen LogP contribution in [-0.2, 0) is 4.79 Å². The van der Waals surface area contributed by atoms with Crippen molar-refractivity contribution in [2.45, 2.75) is 6.92 Å². The number of carbonyl (C=O) groups excluding carboxylic acids is 2. The molecule has 4 aromatic rings. The first-order valence-corrected chi connectivity index (χ1v) is 9.99. The summed E-state index contributed by atoms with van der Waals surface area (Å²) in [5.41, 5.74) is 2.33. The van der Waals surface area contributed by atoms with Gasteiger partial charge in [0.05, 0.1) is 24.7 Å². The fourth-order valence-electron chi connectivity index (χ4n) is 3.17. The van der Waals surface area contributed by atoms with Gasteiger partial charge in [-0.05, 0) is 48.5 Å². The summed E-state index contributed by atoms with van der Waals surface area (Å²) in [6.45, 7) is 1.40. The normalized spacial score (nSPS) is 10.6. The summed E-state index contributed by atoms with van der Waals surface area (Å²) >= 11 is 6.15. The number of aromatic nitrogens is 2. The number of methoxy groups -OCH3 is 1. The highest BCUT2D eigenvalue weighted by Crippen LogP contribution is 2.30. The van der Waals surface area contributed by atoms with Crippen molar-refractivity contribution in [2.75, 3.05) is 17.7 Å². The molecule has 0 saturated heterocycles. The number of nitrogens with zero attached hydrogens (tertiary/aromatic N) is 2. The number of furan rings is 1. The first-order valence-electron chi connectivity index (χ1n) is 9.61. The lowest BCUT2D eigenvalue weighted by Gasteiger charge is -2.11. The van der Waals surface area contributed by atoms with E-state index < -0.39 is 5.91 Å². The van der Waals surface area contributed by atoms with Gasteiger partial charge in [0.15, 0.2) is 11.5 Å². The summed E-state index contributed by atoms with van der Waals surface area (Å²) in [6, 6.07) is 17.2. The Balaban J connectivity index is 1.71. The molecule has 0 radical (unpaired) electrons. The van der Waals surface area contributed by atoms with Crippen LogP contribution in [0.1, 0.15) is 17.4 Å². The smallest absolute Gasteiger partial charge is 0.276 e. The SMILES string of the molecule is COc1ccc(NC(C)=O)cc1NC(=O)c1cc(-c2ccco2)n(-c2cccc(Cl)c2)n1. The summed E-state index contributed by atoms with van der Waals surface area (Å²) in [4.78, 5) is 24.4. The molecule has 2 aromatic heterocycles. The summed E-state index contributed by atoms with van der Waals surface area (Å²) in [7, 11) is 1.49. The molecule has 2 heterocycles. The monoisotopic (exact) mass is 450 g/mol. The number of benzene rings is 2. The molecule has 0 fully saturated rings. The van der Waals surface area contributed by atoms with E-state index in [1.165, 1.54) is 14.0 Å². The van der Waals surface area contributed by atoms with Crippen molar-refractivity contribution in [3.05, 3.63) is 77.6 Å². The number of carbonyl (C=O) groups is 2. The quantitative estimate of drug-likeness (QED) is 0.430. The molecule has 0 aliphatic heterocycles. The molecule has 0 spiro atoms. The number of halogens is 1. The van der Waals surface area contributed by atoms with E-state index in [2.05, 4.69) is 15.7 Å². The zero-order chi connectivity index (χ0) is 22.7. The Kier molecular flexibility index (Phi) is 5.96. The first-order chi connectivity index (χ1) is 15.4. The van der Waals surface area contributed by atoms with Crippen molar-refractivity contribution in [2.24, 2.45) is 0 Å². The number of anilines is 2. The lowest BCUT2D eigenvalue weighted by molar-refractivity contribution is -0.114. The zero-order valence-electron chi connectivity index (χ0n) is 17.3. The molecule has 9 heteroatoms. The van der Waals surface area contributed by atoms with Gasteiger partial charge in [-0.3, -0.25) is 9.59 Å². The van der Waals surface area contributed by atoms with Gasteiger partial charge in [-0.1, -0.05) is 17.7 Å². The minimum Gasteiger partial charge on any atom is -0.495 e. The fourth-order valence-corrected chi connectivity index (χ4v) is 3.35. The summed E-state index contributed by atoms with van der Waals surface area (Å²) in [5.74, 6) is 0.294. The number of amides is 2. The Bertz CT molecular complexity index is 1280. The van der Waals surface area contributed by atoms with Gasteiger partial charge in [0.2, 0.25) is 5.91 Å². The van der Waals surface area contributed by atoms with E-state index in [1.54, 1.807) is 65.5 Å². The number of hydrogen-bond donors (Lipinski definition) is 2. The highest BCUT2D eigenvalue weighted by molar-refractivity contribution is 6.30. The second-order valence-electron chi connectivity index (χ2n) is 6.83. The number of nitrogens with one attached hydrogen (secondary N) is 2. The van der Waals surface area contributed by atoms with Crippen LogP contribution >= 0.6 is 11.6 Å². The maximum atomic E-state index is 13.1. The zero-order valence-corrected chi connectivity index (χ0v) is 18.0. The molecule has 0 aliphatic carbocycles. The number of hydrogen-bond acceptors (Lipinski definition) is 5. The predicted molar refractivity (Wildman–Crippen MR) is 122 cm³/mol. The van der Waals surface area contributed by atoms with Gasteiger partial charge in [0, 0.05) is 23.7 Å². The predicted octanol–water partition coefficient (Wildman–Crippen LogP) is 5.01. The van der Waals surface area contributed by atoms with E-state index in [-0.39, 0.29) is 11.6 Å². The maximum absolute atomic E-state index is 13.1. The standard InChI is InChI=1S/C23H19ClN4O4/c1-14(29)25-16-8-9-21(31-2)18(12-16)26-23(30)19-13-20(22-7-4-10-32-22)28(27-19)17-6-3-5-15(24)11-17/h3-13H,1-2H3,(H,25,29)(H,26,30). The highest BCUT2D eigenvalue weighted by atomic mass is 35.5. The molecular formula is C23H19ClN4O4. The van der Waals surface area contributed by atoms with Crippen LogP contribution in [0.3, 0.4) is 0 Å². The fraction of sp³-hybridized carbons (Fsp3) is 0.0870. The summed E-state index contributed by atoms with van der Waals surface area (Å²) < 4.78 is 12.4. The van der Waals surface area contributed by atoms with Gasteiger partial charge < -0.3 is 19.8 Å². The third-order valence-corrected chi connectivity index (χ3v) is 4.77. The molecule has 32 heavy (non-hydrogen) atoms. The van der Waals surface area contributed by atoms with Crippen molar-refractivity contribution in [1.82, 2.24) is 9.78 Å². The molecule has 4 rings (SSSR count). The van der Waals surface area contributed by atoms with Crippen LogP contribution in [0.2, 0.25) is 5.02 Å². The average molecular weight is 451 g/mol. The minimum absolute atomic E-state index is 0.156. The van der Waals surface area contributed by atoms with E-state index in [9.17, 15) is 9.59 Å². The Labute approximate surface area is 188 Å². The van der Waals surface area contributed by atoms with E-state index in [4.69, 9.17) is 20.8 Å². The van der Waals surface area contributed by atoms with Crippen LogP contribution in [0.4, 0.5) is 11.4 Å². The second-order valence-corrected chi connectivity index (χ2v) is 7.27. The molecule has 8 nitrogen and oxygen atoms in total. The van der Waals surface area contributed by atoms with E-state index in [0.717, 1.165) is 0 Å². The molecule has 0 saturated carbocycles. The molecule has 2 aromatic carbocycles. The topological polar surface area (TPSA) is 98.4 Å². The van der Waals surface area contributed by atoms with Crippen LogP contribution < -0.4 is 15.4 Å². The van der Waals surface area contributed by atoms with Gasteiger partial charge in [0.1, 0.15) is 11.4 Å². The lowest BCUT2D eigenvalue weighted by Crippen LogP contribution is -2.14. The second kappa shape index (κ2) is 8.99. The third kappa shape index (κ3) is 4.50. The van der Waals surface area contributed by atoms with Crippen molar-refractivity contribution in [1.29, 1.82) is 0 Å². The molecular weight excluding hydrogens is 432 g/mol. The largest absolute Gasteiger partial charge is 0.495 e. The molecule has 162 valence electrons. The van der Waals surface area contributed by atoms with Gasteiger partial charge in [-0.2, -0.15) is 5.10 Å². The summed E-state index contributed by atoms with van der Waals surface area (Å²) in [5, 5.41) is 10.5. The minimum atomic E-state index is -0.461. The first kappa shape index (κ1) is 21.2. The summed E-state index contributed by atoms with van der Waals surface area (Å²) in [6.07, 6.45) is 1.54. The molecule has 0 atom stereocenters. The van der Waals surface area contributed by atoms with Crippen LogP contribution in [-0.4, -0.2) is 28.7 Å². The molecule has 0 bridgehead atoms. The van der Waals surface area contributed by atoms with Crippen LogP contribution in [0.25, 0.3) is 17.1 Å². The van der Waals surface area contributed by atoms with E-state index in [0.29, 0.717) is 39.3 Å². The van der Waals surface area contributed by atoms with E-state index in [1.807, 2.05) is 6.07 Å². The van der Waals surface area contributed by atoms with Crippen LogP contribution in [0.5, 0.6) is 5.75 Å². The highest BCUT2D eigenvalue weighted by Gasteiger charge is 2.20. The molecule has 2 N–H and O–H groups in total. The molecule has 0 aliphatic rings. The Hall–Kier alpha value is -4.04. The lowest BCUT2D eigenvalue weighted by atomic mass is 10.2. The Morgan fingerprint density at radius 3 is 2.59 bits per heavy atom. The van der Waals surface area contributed by atoms with Gasteiger partial charge in [0.25, 0.3) is 5.91 Å². The van der Waals surface area contributed by atoms with Crippen LogP contribution in [0.15, 0.2) is 71.3 Å². The van der Waals surface area contributed by atoms with Gasteiger partial charge >= 0.3 is 0 Å². The van der Waals surface area contributed by atoms with Gasteiger partial charge in [-0.15, -0.1) is 0 Å². The van der Waals surface area contributed by atoms with Crippen molar-refractivity contribution >= 4 is 34.8 Å². The van der Waals surface area contributed by atoms with Crippen molar-refractivity contribution in [3.63, 3.8) is 0 Å². The number of rotatable bonds is 6. The Morgan fingerprint density at radius 1 is 1.06 bits per heavy atom. The number of ether oxygens (including phenoxy) is 1. The maximum Gasteiger partial charge on any atom is 0.276 e. The van der Waals surface area contributed by atoms with Crippen molar-refractivity contribution in [3.8, 4) is 22.9 Å². The Morgan fingerprint density at radius 2 is 1.91 bits per heavy atom. The third-order valence-electron chi connectivity index (χ3n) is 4.54. The van der Waals surface area contributed by atoms with Crippen LogP contribution in [0, 0.1) is 0 Å². The van der Waals surface area contributed by atoms with Crippen molar-refractivity contribution < 1.29 is 18.7 Å². The molecule has 2 amide bonds.